The molecule has 0 saturated heterocycles. The summed E-state index contributed by atoms with van der Waals surface area (Å²) in [5, 5.41) is 12.8. The van der Waals surface area contributed by atoms with E-state index in [4.69, 9.17) is 9.47 Å². The Morgan fingerprint density at radius 1 is 1.29 bits per heavy atom. The third kappa shape index (κ3) is 4.05. The van der Waals surface area contributed by atoms with Crippen LogP contribution in [-0.2, 0) is 31.4 Å². The van der Waals surface area contributed by atoms with E-state index < -0.39 is 0 Å². The van der Waals surface area contributed by atoms with E-state index in [-0.39, 0.29) is 12.0 Å². The van der Waals surface area contributed by atoms with E-state index in [1.165, 1.54) is 5.56 Å². The summed E-state index contributed by atoms with van der Waals surface area (Å²) in [7, 11) is 5.37. The number of hydrogen-bond donors (Lipinski definition) is 0. The van der Waals surface area contributed by atoms with Gasteiger partial charge in [0.05, 0.1) is 31.6 Å². The summed E-state index contributed by atoms with van der Waals surface area (Å²) in [6.07, 6.45) is 0.602. The van der Waals surface area contributed by atoms with Crippen LogP contribution >= 0.6 is 0 Å². The molecule has 1 amide bonds. The summed E-state index contributed by atoms with van der Waals surface area (Å²) >= 11 is 0. The Kier molecular flexibility index (Phi) is 5.77. The quantitative estimate of drug-likeness (QED) is 0.603. The zero-order valence-corrected chi connectivity index (χ0v) is 18.6. The number of amides is 1. The van der Waals surface area contributed by atoms with Gasteiger partial charge in [-0.1, -0.05) is 17.3 Å². The van der Waals surface area contributed by atoms with Crippen molar-refractivity contribution in [2.75, 3.05) is 20.7 Å². The largest absolute Gasteiger partial charge is 0.497 e. The van der Waals surface area contributed by atoms with Crippen molar-refractivity contribution in [1.29, 1.82) is 0 Å². The van der Waals surface area contributed by atoms with E-state index in [0.29, 0.717) is 25.4 Å². The molecule has 9 nitrogen and oxygen atoms in total. The van der Waals surface area contributed by atoms with E-state index in [2.05, 4.69) is 15.4 Å². The highest BCUT2D eigenvalue weighted by molar-refractivity contribution is 5.93. The van der Waals surface area contributed by atoms with Crippen LogP contribution in [0.3, 0.4) is 0 Å². The van der Waals surface area contributed by atoms with Crippen LogP contribution in [0.4, 0.5) is 0 Å². The van der Waals surface area contributed by atoms with Crippen molar-refractivity contribution < 1.29 is 14.3 Å². The van der Waals surface area contributed by atoms with E-state index in [9.17, 15) is 4.79 Å². The molecule has 9 heteroatoms. The fraction of sp³-hybridized carbons (Fsp3) is 0.455. The molecule has 0 aliphatic carbocycles. The van der Waals surface area contributed by atoms with Crippen molar-refractivity contribution in [2.24, 2.45) is 7.05 Å². The van der Waals surface area contributed by atoms with E-state index in [1.807, 2.05) is 49.8 Å². The van der Waals surface area contributed by atoms with Gasteiger partial charge in [-0.25, -0.2) is 4.68 Å². The van der Waals surface area contributed by atoms with Crippen molar-refractivity contribution >= 4 is 5.91 Å². The second kappa shape index (κ2) is 8.50. The smallest absolute Gasteiger partial charge is 0.276 e. The highest BCUT2D eigenvalue weighted by Gasteiger charge is 2.29. The number of aryl methyl sites for hydroxylation is 2. The zero-order chi connectivity index (χ0) is 22.1. The summed E-state index contributed by atoms with van der Waals surface area (Å²) in [6, 6.07) is 7.78. The summed E-state index contributed by atoms with van der Waals surface area (Å²) in [4.78, 5) is 14.7. The van der Waals surface area contributed by atoms with Crippen LogP contribution in [-0.4, -0.2) is 56.3 Å². The average Bonchev–Trinajstić information content (AvgIpc) is 3.31. The van der Waals surface area contributed by atoms with Crippen LogP contribution in [0.25, 0.3) is 0 Å². The first-order valence-corrected chi connectivity index (χ1v) is 10.3. The van der Waals surface area contributed by atoms with E-state index in [0.717, 1.165) is 34.8 Å². The number of carbonyl (C=O) groups is 1. The SMILES string of the molecule is COc1ccc([C@@H]2Cn3nnc(C(=O)N(C)CCc4c(C)nn(C)c4C)c3CO2)cc1. The number of fused-ring (bicyclic) bond motifs is 1. The van der Waals surface area contributed by atoms with Gasteiger partial charge in [0.2, 0.25) is 0 Å². The lowest BCUT2D eigenvalue weighted by Gasteiger charge is -2.25. The van der Waals surface area contributed by atoms with Crippen LogP contribution in [0.1, 0.15) is 44.8 Å². The molecule has 0 N–H and O–H groups in total. The molecule has 164 valence electrons. The first kappa shape index (κ1) is 21.0. The highest BCUT2D eigenvalue weighted by Crippen LogP contribution is 2.28. The Morgan fingerprint density at radius 3 is 2.68 bits per heavy atom. The van der Waals surface area contributed by atoms with Gasteiger partial charge in [-0.2, -0.15) is 5.10 Å². The molecule has 1 aliphatic heterocycles. The summed E-state index contributed by atoms with van der Waals surface area (Å²) in [5.74, 6) is 0.653. The van der Waals surface area contributed by atoms with E-state index in [1.54, 1.807) is 23.7 Å². The maximum atomic E-state index is 13.0. The third-order valence-corrected chi connectivity index (χ3v) is 5.99. The lowest BCUT2D eigenvalue weighted by Crippen LogP contribution is -2.31. The number of likely N-dealkylation sites (N-methyl/N-ethyl adjacent to an activating group) is 1. The Morgan fingerprint density at radius 2 is 2.03 bits per heavy atom. The minimum atomic E-state index is -0.146. The molecule has 0 spiro atoms. The molecule has 1 aromatic carbocycles. The first-order chi connectivity index (χ1) is 14.9. The molecule has 0 saturated carbocycles. The minimum absolute atomic E-state index is 0.141. The Hall–Kier alpha value is -3.20. The summed E-state index contributed by atoms with van der Waals surface area (Å²) in [5.41, 5.74) is 5.41. The molecular weight excluding hydrogens is 396 g/mol. The number of methoxy groups -OCH3 is 1. The van der Waals surface area contributed by atoms with Gasteiger partial charge in [0, 0.05) is 26.3 Å². The van der Waals surface area contributed by atoms with Gasteiger partial charge < -0.3 is 14.4 Å². The topological polar surface area (TPSA) is 87.3 Å². The Balaban J connectivity index is 1.43. The van der Waals surface area contributed by atoms with Gasteiger partial charge in [-0.3, -0.25) is 9.48 Å². The predicted molar refractivity (Wildman–Crippen MR) is 114 cm³/mol. The van der Waals surface area contributed by atoms with Gasteiger partial charge in [0.25, 0.3) is 5.91 Å². The third-order valence-electron chi connectivity index (χ3n) is 5.99. The van der Waals surface area contributed by atoms with E-state index >= 15 is 0 Å². The van der Waals surface area contributed by atoms with Crippen molar-refractivity contribution in [1.82, 2.24) is 29.7 Å². The van der Waals surface area contributed by atoms with Gasteiger partial charge >= 0.3 is 0 Å². The fourth-order valence-electron chi connectivity index (χ4n) is 3.94. The van der Waals surface area contributed by atoms with Crippen LogP contribution in [0, 0.1) is 13.8 Å². The van der Waals surface area contributed by atoms with Crippen LogP contribution < -0.4 is 4.74 Å². The molecule has 1 aliphatic rings. The first-order valence-electron chi connectivity index (χ1n) is 10.3. The Bertz CT molecular complexity index is 1090. The zero-order valence-electron chi connectivity index (χ0n) is 18.6. The lowest BCUT2D eigenvalue weighted by atomic mass is 10.1. The summed E-state index contributed by atoms with van der Waals surface area (Å²) < 4.78 is 14.9. The number of ether oxygens (including phenoxy) is 2. The summed E-state index contributed by atoms with van der Waals surface area (Å²) in [6.45, 7) is 5.42. The van der Waals surface area contributed by atoms with Gasteiger partial charge in [-0.15, -0.1) is 5.10 Å². The standard InChI is InChI=1S/C22H28N6O3/c1-14-18(15(2)27(4)24-14)10-11-26(3)22(29)21-19-13-31-20(12-28(19)25-23-21)16-6-8-17(30-5)9-7-16/h6-9,20H,10-13H2,1-5H3/t20-/m0/s1. The molecule has 2 aromatic heterocycles. The minimum Gasteiger partial charge on any atom is -0.497 e. The lowest BCUT2D eigenvalue weighted by molar-refractivity contribution is -0.00193. The number of carbonyl (C=O) groups excluding carboxylic acids is 1. The monoisotopic (exact) mass is 424 g/mol. The van der Waals surface area contributed by atoms with Crippen molar-refractivity contribution in [3.8, 4) is 5.75 Å². The molecule has 4 rings (SSSR count). The van der Waals surface area contributed by atoms with Crippen LogP contribution in [0.15, 0.2) is 24.3 Å². The number of nitrogens with zero attached hydrogens (tertiary/aromatic N) is 6. The molecule has 3 aromatic rings. The predicted octanol–water partition coefficient (Wildman–Crippen LogP) is 2.22. The van der Waals surface area contributed by atoms with Gasteiger partial charge in [0.15, 0.2) is 5.69 Å². The average molecular weight is 425 g/mol. The number of benzene rings is 1. The maximum Gasteiger partial charge on any atom is 0.276 e. The van der Waals surface area contributed by atoms with Gasteiger partial charge in [0.1, 0.15) is 11.9 Å². The van der Waals surface area contributed by atoms with Crippen LogP contribution in [0.2, 0.25) is 0 Å². The molecule has 3 heterocycles. The second-order valence-corrected chi connectivity index (χ2v) is 7.89. The molecular formula is C22H28N6O3. The number of aromatic nitrogens is 5. The molecule has 1 atom stereocenters. The van der Waals surface area contributed by atoms with Crippen LogP contribution in [0.5, 0.6) is 5.75 Å². The molecule has 0 radical (unpaired) electrons. The maximum absolute atomic E-state index is 13.0. The van der Waals surface area contributed by atoms with Gasteiger partial charge in [-0.05, 0) is 43.5 Å². The number of rotatable bonds is 6. The molecule has 0 bridgehead atoms. The normalized spacial score (nSPS) is 15.6. The molecule has 0 fully saturated rings. The van der Waals surface area contributed by atoms with Crippen molar-refractivity contribution in [2.45, 2.75) is 39.5 Å². The molecule has 31 heavy (non-hydrogen) atoms. The number of hydrogen-bond acceptors (Lipinski definition) is 6. The second-order valence-electron chi connectivity index (χ2n) is 7.89. The van der Waals surface area contributed by atoms with Crippen molar-refractivity contribution in [3.63, 3.8) is 0 Å². The highest BCUT2D eigenvalue weighted by atomic mass is 16.5. The fourth-order valence-corrected chi connectivity index (χ4v) is 3.94. The Labute approximate surface area is 181 Å². The van der Waals surface area contributed by atoms with Crippen molar-refractivity contribution in [3.05, 3.63) is 58.2 Å². The molecule has 0 unspecified atom stereocenters.